The number of ether oxygens (including phenoxy) is 1. The van der Waals surface area contributed by atoms with Crippen molar-refractivity contribution in [3.8, 4) is 11.1 Å². The molecule has 0 spiro atoms. The molecule has 2 aromatic heterocycles. The first kappa shape index (κ1) is 32.4. The highest BCUT2D eigenvalue weighted by atomic mass is 35.5. The number of hydrogen-bond acceptors (Lipinski definition) is 8. The molecular weight excluding hydrogens is 612 g/mol. The number of pyridine rings is 1. The molecule has 3 N–H and O–H groups in total. The fourth-order valence-electron chi connectivity index (χ4n) is 5.51. The number of carbonyl (C=O) groups is 1. The number of alkyl carbamates (subject to hydrolysis) is 1. The minimum absolute atomic E-state index is 0.00212. The fraction of sp³-hybridized carbons (Fsp3) is 0.394. The third kappa shape index (κ3) is 8.01. The zero-order valence-electron chi connectivity index (χ0n) is 26.1. The normalized spacial score (nSPS) is 17.1. The summed E-state index contributed by atoms with van der Waals surface area (Å²) in [6.45, 7) is 9.58. The number of anilines is 2. The topological polar surface area (TPSA) is 135 Å². The van der Waals surface area contributed by atoms with Gasteiger partial charge in [-0.15, -0.1) is 0 Å². The Morgan fingerprint density at radius 1 is 1.00 bits per heavy atom. The van der Waals surface area contributed by atoms with Gasteiger partial charge in [0.25, 0.3) is 10.0 Å². The maximum Gasteiger partial charge on any atom is 0.407 e. The van der Waals surface area contributed by atoms with Gasteiger partial charge in [-0.1, -0.05) is 30.7 Å². The van der Waals surface area contributed by atoms with Crippen LogP contribution in [0.3, 0.4) is 0 Å². The van der Waals surface area contributed by atoms with Gasteiger partial charge in [-0.05, 0) is 107 Å². The van der Waals surface area contributed by atoms with E-state index in [9.17, 15) is 13.2 Å². The molecule has 10 nitrogen and oxygen atoms in total. The van der Waals surface area contributed by atoms with Gasteiger partial charge in [0.2, 0.25) is 5.95 Å². The third-order valence-corrected chi connectivity index (χ3v) is 9.53. The number of aromatic nitrogens is 3. The van der Waals surface area contributed by atoms with Crippen molar-refractivity contribution >= 4 is 50.4 Å². The Balaban J connectivity index is 1.28. The lowest BCUT2D eigenvalue weighted by atomic mass is 9.91. The standard InChI is InChI=1S/C33H39ClN6O4S/c1-6-27-24(15-16-30(38-27)40-45(42,43)29-10-8-7-9-26(29)34)25-18-21-19-35-31(39-28(21)17-20(25)2)36-22-11-13-23(14-12-22)37-32(41)44-33(3,4)5/h7-10,15-19,22-23H,6,11-14H2,1-5H3,(H,37,41)(H,38,40)(H,35,36,39)/t22-,23-. The maximum absolute atomic E-state index is 13.0. The van der Waals surface area contributed by atoms with Gasteiger partial charge < -0.3 is 15.4 Å². The van der Waals surface area contributed by atoms with E-state index in [2.05, 4.69) is 25.3 Å². The second-order valence-corrected chi connectivity index (χ2v) is 14.4. The number of rotatable bonds is 8. The smallest absolute Gasteiger partial charge is 0.407 e. The van der Waals surface area contributed by atoms with Crippen molar-refractivity contribution < 1.29 is 17.9 Å². The SMILES string of the molecule is CCc1nc(NS(=O)(=O)c2ccccc2Cl)ccc1-c1cc2cnc(N[C@H]3CC[C@H](NC(=O)OC(C)(C)C)CC3)nc2cc1C. The number of sulfonamides is 1. The molecule has 45 heavy (non-hydrogen) atoms. The van der Waals surface area contributed by atoms with Crippen molar-refractivity contribution in [1.82, 2.24) is 20.3 Å². The first-order valence-corrected chi connectivity index (χ1v) is 17.0. The van der Waals surface area contributed by atoms with Crippen molar-refractivity contribution in [2.45, 2.75) is 89.3 Å². The van der Waals surface area contributed by atoms with Gasteiger partial charge in [-0.3, -0.25) is 4.72 Å². The van der Waals surface area contributed by atoms with E-state index in [0.717, 1.165) is 59.0 Å². The van der Waals surface area contributed by atoms with E-state index in [1.54, 1.807) is 18.2 Å². The largest absolute Gasteiger partial charge is 0.444 e. The predicted molar refractivity (Wildman–Crippen MR) is 178 cm³/mol. The lowest BCUT2D eigenvalue weighted by Crippen LogP contribution is -2.42. The molecule has 5 rings (SSSR count). The molecule has 0 radical (unpaired) electrons. The Hall–Kier alpha value is -3.96. The molecule has 0 atom stereocenters. The minimum Gasteiger partial charge on any atom is -0.444 e. The first-order valence-electron chi connectivity index (χ1n) is 15.1. The van der Waals surface area contributed by atoms with Crippen molar-refractivity contribution in [2.24, 2.45) is 0 Å². The number of fused-ring (bicyclic) bond motifs is 1. The molecule has 1 aliphatic carbocycles. The summed E-state index contributed by atoms with van der Waals surface area (Å²) in [4.78, 5) is 26.1. The van der Waals surface area contributed by atoms with Crippen molar-refractivity contribution in [2.75, 3.05) is 10.0 Å². The minimum atomic E-state index is -3.90. The van der Waals surface area contributed by atoms with Crippen molar-refractivity contribution in [3.05, 3.63) is 71.0 Å². The Bertz CT molecular complexity index is 1820. The lowest BCUT2D eigenvalue weighted by molar-refractivity contribution is 0.0492. The number of amides is 1. The average molecular weight is 651 g/mol. The van der Waals surface area contributed by atoms with Crippen LogP contribution in [0, 0.1) is 6.92 Å². The van der Waals surface area contributed by atoms with Gasteiger partial charge in [0.15, 0.2) is 0 Å². The van der Waals surface area contributed by atoms with Crippen LogP contribution in [-0.2, 0) is 21.2 Å². The second-order valence-electron chi connectivity index (χ2n) is 12.3. The number of nitrogens with one attached hydrogen (secondary N) is 3. The summed E-state index contributed by atoms with van der Waals surface area (Å²) >= 11 is 6.13. The number of hydrogen-bond donors (Lipinski definition) is 3. The van der Waals surface area contributed by atoms with Gasteiger partial charge in [-0.2, -0.15) is 0 Å². The van der Waals surface area contributed by atoms with Crippen LogP contribution >= 0.6 is 11.6 Å². The van der Waals surface area contributed by atoms with E-state index in [4.69, 9.17) is 21.3 Å². The summed E-state index contributed by atoms with van der Waals surface area (Å²) in [5, 5.41) is 7.48. The maximum atomic E-state index is 13.0. The molecule has 2 aromatic carbocycles. The highest BCUT2D eigenvalue weighted by molar-refractivity contribution is 7.92. The molecule has 1 fully saturated rings. The van der Waals surface area contributed by atoms with Crippen LogP contribution in [0.4, 0.5) is 16.6 Å². The Morgan fingerprint density at radius 3 is 2.40 bits per heavy atom. The van der Waals surface area contributed by atoms with Gasteiger partial charge in [-0.25, -0.2) is 28.2 Å². The fourth-order valence-corrected chi connectivity index (χ4v) is 7.03. The average Bonchev–Trinajstić information content (AvgIpc) is 2.97. The van der Waals surface area contributed by atoms with Gasteiger partial charge in [0, 0.05) is 29.2 Å². The Morgan fingerprint density at radius 2 is 1.71 bits per heavy atom. The van der Waals surface area contributed by atoms with E-state index in [1.165, 1.54) is 12.1 Å². The van der Waals surface area contributed by atoms with Crippen molar-refractivity contribution in [3.63, 3.8) is 0 Å². The molecule has 1 amide bonds. The highest BCUT2D eigenvalue weighted by Crippen LogP contribution is 2.32. The summed E-state index contributed by atoms with van der Waals surface area (Å²) in [6, 6.07) is 14.2. The summed E-state index contributed by atoms with van der Waals surface area (Å²) in [5.41, 5.74) is 3.97. The predicted octanol–water partition coefficient (Wildman–Crippen LogP) is 7.26. The van der Waals surface area contributed by atoms with Crippen LogP contribution in [0.1, 0.15) is 64.6 Å². The first-order chi connectivity index (χ1) is 21.3. The van der Waals surface area contributed by atoms with Crippen LogP contribution in [0.5, 0.6) is 0 Å². The summed E-state index contributed by atoms with van der Waals surface area (Å²) in [7, 11) is -3.90. The number of carbonyl (C=O) groups excluding carboxylic acids is 1. The number of halogens is 1. The van der Waals surface area contributed by atoms with Crippen LogP contribution in [-0.4, -0.2) is 47.1 Å². The molecule has 12 heteroatoms. The zero-order chi connectivity index (χ0) is 32.4. The van der Waals surface area contributed by atoms with Gasteiger partial charge in [0.1, 0.15) is 16.3 Å². The van der Waals surface area contributed by atoms with E-state index in [0.29, 0.717) is 12.4 Å². The molecule has 0 aliphatic heterocycles. The Kier molecular flexibility index (Phi) is 9.50. The molecular formula is C33H39ClN6O4S. The monoisotopic (exact) mass is 650 g/mol. The Labute approximate surface area is 269 Å². The van der Waals surface area contributed by atoms with Crippen LogP contribution in [0.2, 0.25) is 5.02 Å². The number of aryl methyl sites for hydroxylation is 2. The lowest BCUT2D eigenvalue weighted by Gasteiger charge is -2.30. The number of nitrogens with zero attached hydrogens (tertiary/aromatic N) is 3. The van der Waals surface area contributed by atoms with Crippen LogP contribution < -0.4 is 15.4 Å². The van der Waals surface area contributed by atoms with E-state index < -0.39 is 15.6 Å². The van der Waals surface area contributed by atoms with E-state index >= 15 is 0 Å². The summed E-state index contributed by atoms with van der Waals surface area (Å²) in [6.07, 6.45) is 5.51. The quantitative estimate of drug-likeness (QED) is 0.181. The molecule has 2 heterocycles. The van der Waals surface area contributed by atoms with E-state index in [1.807, 2.05) is 59.0 Å². The molecule has 0 bridgehead atoms. The van der Waals surface area contributed by atoms with Gasteiger partial charge in [0.05, 0.1) is 16.2 Å². The van der Waals surface area contributed by atoms with E-state index in [-0.39, 0.29) is 33.9 Å². The zero-order valence-corrected chi connectivity index (χ0v) is 27.7. The van der Waals surface area contributed by atoms with Gasteiger partial charge >= 0.3 is 6.09 Å². The molecule has 4 aromatic rings. The van der Waals surface area contributed by atoms with Crippen molar-refractivity contribution in [1.29, 1.82) is 0 Å². The molecule has 238 valence electrons. The molecule has 0 saturated heterocycles. The summed E-state index contributed by atoms with van der Waals surface area (Å²) < 4.78 is 33.8. The molecule has 1 saturated carbocycles. The second kappa shape index (κ2) is 13.2. The summed E-state index contributed by atoms with van der Waals surface area (Å²) in [5.74, 6) is 0.798. The van der Waals surface area contributed by atoms with Crippen LogP contribution in [0.15, 0.2) is 59.6 Å². The molecule has 0 unspecified atom stereocenters. The highest BCUT2D eigenvalue weighted by Gasteiger charge is 2.25. The number of benzene rings is 2. The third-order valence-electron chi connectivity index (χ3n) is 7.67. The van der Waals surface area contributed by atoms with Crippen LogP contribution in [0.25, 0.3) is 22.0 Å². The molecule has 1 aliphatic rings.